The number of nitrogens with one attached hydrogen (secondary N) is 1. The average molecular weight is 367 g/mol. The highest BCUT2D eigenvalue weighted by Crippen LogP contribution is 2.32. The van der Waals surface area contributed by atoms with Gasteiger partial charge < -0.3 is 10.2 Å². The maximum absolute atomic E-state index is 12.6. The van der Waals surface area contributed by atoms with Crippen LogP contribution in [-0.2, 0) is 19.5 Å². The van der Waals surface area contributed by atoms with E-state index in [2.05, 4.69) is 35.8 Å². The quantitative estimate of drug-likeness (QED) is 0.690. The van der Waals surface area contributed by atoms with Crippen molar-refractivity contribution < 1.29 is 4.79 Å². The highest BCUT2D eigenvalue weighted by atomic mass is 16.1. The van der Waals surface area contributed by atoms with Crippen molar-refractivity contribution in [3.05, 3.63) is 95.1 Å². The van der Waals surface area contributed by atoms with Crippen LogP contribution in [0.2, 0.25) is 0 Å². The maximum atomic E-state index is 12.6. The topological polar surface area (TPSA) is 56.1 Å². The molecule has 1 heterocycles. The smallest absolute Gasteiger partial charge is 0.251 e. The molecular formula is C24H21N3O. The standard InChI is InChI=1S/C24H21N3O/c25-17-27-15-21-10-5-11-22(23(21)16-27)19-8-4-9-20(14-19)24(28)26-13-12-18-6-2-1-3-7-18/h1-11,14H,12-13,15-16H2,(H,26,28). The number of hydrogen-bond acceptors (Lipinski definition) is 3. The van der Waals surface area contributed by atoms with Crippen LogP contribution < -0.4 is 5.32 Å². The van der Waals surface area contributed by atoms with Crippen LogP contribution in [0.1, 0.15) is 27.0 Å². The van der Waals surface area contributed by atoms with Crippen LogP contribution in [0.5, 0.6) is 0 Å². The SMILES string of the molecule is N#CN1Cc2cccc(-c3cccc(C(=O)NCCc4ccccc4)c3)c2C1. The van der Waals surface area contributed by atoms with Crippen LogP contribution in [0.15, 0.2) is 72.8 Å². The van der Waals surface area contributed by atoms with E-state index in [1.807, 2.05) is 48.5 Å². The lowest BCUT2D eigenvalue weighted by Gasteiger charge is -2.10. The van der Waals surface area contributed by atoms with E-state index in [9.17, 15) is 10.1 Å². The Morgan fingerprint density at radius 2 is 1.82 bits per heavy atom. The predicted molar refractivity (Wildman–Crippen MR) is 109 cm³/mol. The van der Waals surface area contributed by atoms with Crippen molar-refractivity contribution in [3.8, 4) is 17.3 Å². The summed E-state index contributed by atoms with van der Waals surface area (Å²) in [6, 6.07) is 24.0. The van der Waals surface area contributed by atoms with Gasteiger partial charge in [0.25, 0.3) is 5.91 Å². The minimum absolute atomic E-state index is 0.0657. The number of carbonyl (C=O) groups excluding carboxylic acids is 1. The van der Waals surface area contributed by atoms with E-state index in [1.165, 1.54) is 16.7 Å². The van der Waals surface area contributed by atoms with E-state index in [0.29, 0.717) is 25.2 Å². The molecule has 0 fully saturated rings. The first kappa shape index (κ1) is 17.8. The number of benzene rings is 3. The summed E-state index contributed by atoms with van der Waals surface area (Å²) in [5.74, 6) is -0.0657. The van der Waals surface area contributed by atoms with Crippen LogP contribution in [0.3, 0.4) is 0 Å². The van der Waals surface area contributed by atoms with Gasteiger partial charge in [0.05, 0.1) is 13.1 Å². The largest absolute Gasteiger partial charge is 0.352 e. The molecule has 0 spiro atoms. The Hall–Kier alpha value is -3.58. The van der Waals surface area contributed by atoms with Gasteiger partial charge in [-0.15, -0.1) is 0 Å². The Balaban J connectivity index is 1.49. The summed E-state index contributed by atoms with van der Waals surface area (Å²) in [4.78, 5) is 14.3. The normalized spacial score (nSPS) is 12.3. The van der Waals surface area contributed by atoms with Crippen molar-refractivity contribution >= 4 is 5.91 Å². The van der Waals surface area contributed by atoms with Gasteiger partial charge in [0.15, 0.2) is 6.19 Å². The van der Waals surface area contributed by atoms with E-state index < -0.39 is 0 Å². The third-order valence-corrected chi connectivity index (χ3v) is 5.10. The minimum Gasteiger partial charge on any atom is -0.352 e. The van der Waals surface area contributed by atoms with Gasteiger partial charge in [0.1, 0.15) is 0 Å². The van der Waals surface area contributed by atoms with Crippen LogP contribution >= 0.6 is 0 Å². The zero-order valence-electron chi connectivity index (χ0n) is 15.6. The minimum atomic E-state index is -0.0657. The molecule has 1 amide bonds. The third kappa shape index (κ3) is 3.74. The summed E-state index contributed by atoms with van der Waals surface area (Å²) in [5, 5.41) is 12.2. The van der Waals surface area contributed by atoms with Gasteiger partial charge in [0.2, 0.25) is 0 Å². The molecule has 4 nitrogen and oxygen atoms in total. The number of rotatable bonds is 5. The number of nitriles is 1. The first-order valence-corrected chi connectivity index (χ1v) is 9.42. The molecule has 28 heavy (non-hydrogen) atoms. The molecule has 0 aliphatic carbocycles. The third-order valence-electron chi connectivity index (χ3n) is 5.10. The monoisotopic (exact) mass is 367 g/mol. The van der Waals surface area contributed by atoms with Crippen molar-refractivity contribution in [2.45, 2.75) is 19.5 Å². The molecule has 0 aromatic heterocycles. The van der Waals surface area contributed by atoms with Crippen molar-refractivity contribution in [2.24, 2.45) is 0 Å². The number of hydrogen-bond donors (Lipinski definition) is 1. The van der Waals surface area contributed by atoms with Gasteiger partial charge in [-0.1, -0.05) is 60.7 Å². The van der Waals surface area contributed by atoms with Crippen molar-refractivity contribution in [3.63, 3.8) is 0 Å². The number of nitrogens with zero attached hydrogens (tertiary/aromatic N) is 2. The molecule has 0 saturated heterocycles. The predicted octanol–water partition coefficient (Wildman–Crippen LogP) is 4.12. The molecule has 4 rings (SSSR count). The average Bonchev–Trinajstić information content (AvgIpc) is 3.18. The van der Waals surface area contributed by atoms with Crippen molar-refractivity contribution in [1.82, 2.24) is 10.2 Å². The molecule has 0 atom stereocenters. The fourth-order valence-corrected chi connectivity index (χ4v) is 3.66. The summed E-state index contributed by atoms with van der Waals surface area (Å²) in [6.45, 7) is 1.87. The second-order valence-corrected chi connectivity index (χ2v) is 6.97. The molecule has 4 heteroatoms. The van der Waals surface area contributed by atoms with Gasteiger partial charge in [-0.05, 0) is 46.4 Å². The molecule has 0 saturated carbocycles. The van der Waals surface area contributed by atoms with Crippen LogP contribution in [-0.4, -0.2) is 17.4 Å². The molecule has 0 unspecified atom stereocenters. The molecule has 3 aromatic carbocycles. The van der Waals surface area contributed by atoms with Crippen molar-refractivity contribution in [2.75, 3.05) is 6.54 Å². The highest BCUT2D eigenvalue weighted by molar-refractivity contribution is 5.95. The van der Waals surface area contributed by atoms with Gasteiger partial charge in [-0.25, -0.2) is 0 Å². The fraction of sp³-hybridized carbons (Fsp3) is 0.167. The first-order valence-electron chi connectivity index (χ1n) is 9.42. The lowest BCUT2D eigenvalue weighted by Crippen LogP contribution is -2.25. The van der Waals surface area contributed by atoms with Gasteiger partial charge >= 0.3 is 0 Å². The number of fused-ring (bicyclic) bond motifs is 1. The summed E-state index contributed by atoms with van der Waals surface area (Å²) in [7, 11) is 0. The zero-order chi connectivity index (χ0) is 19.3. The molecule has 1 N–H and O–H groups in total. The Labute approximate surface area is 165 Å². The van der Waals surface area contributed by atoms with E-state index in [-0.39, 0.29) is 5.91 Å². The molecule has 0 bridgehead atoms. The summed E-state index contributed by atoms with van der Waals surface area (Å²) in [6.07, 6.45) is 3.03. The fourth-order valence-electron chi connectivity index (χ4n) is 3.66. The molecular weight excluding hydrogens is 346 g/mol. The maximum Gasteiger partial charge on any atom is 0.251 e. The Kier molecular flexibility index (Phi) is 5.07. The lowest BCUT2D eigenvalue weighted by atomic mass is 9.96. The summed E-state index contributed by atoms with van der Waals surface area (Å²) in [5.41, 5.74) is 6.31. The van der Waals surface area contributed by atoms with Crippen LogP contribution in [0.25, 0.3) is 11.1 Å². The summed E-state index contributed by atoms with van der Waals surface area (Å²) >= 11 is 0. The molecule has 1 aliphatic rings. The van der Waals surface area contributed by atoms with Gasteiger partial charge in [-0.2, -0.15) is 5.26 Å². The zero-order valence-corrected chi connectivity index (χ0v) is 15.6. The Morgan fingerprint density at radius 1 is 1.00 bits per heavy atom. The Morgan fingerprint density at radius 3 is 2.64 bits per heavy atom. The Bertz CT molecular complexity index is 1040. The van der Waals surface area contributed by atoms with E-state index in [0.717, 1.165) is 17.5 Å². The van der Waals surface area contributed by atoms with Crippen LogP contribution in [0.4, 0.5) is 0 Å². The summed E-state index contributed by atoms with van der Waals surface area (Å²) < 4.78 is 0. The first-order chi connectivity index (χ1) is 13.7. The highest BCUT2D eigenvalue weighted by Gasteiger charge is 2.21. The molecule has 1 aliphatic heterocycles. The molecule has 3 aromatic rings. The number of amides is 1. The van der Waals surface area contributed by atoms with Crippen molar-refractivity contribution in [1.29, 1.82) is 5.26 Å². The molecule has 0 radical (unpaired) electrons. The van der Waals surface area contributed by atoms with Crippen LogP contribution in [0, 0.1) is 11.5 Å². The van der Waals surface area contributed by atoms with E-state index >= 15 is 0 Å². The lowest BCUT2D eigenvalue weighted by molar-refractivity contribution is 0.0954. The number of carbonyl (C=O) groups is 1. The van der Waals surface area contributed by atoms with Gasteiger partial charge in [0, 0.05) is 12.1 Å². The molecule has 138 valence electrons. The second kappa shape index (κ2) is 7.98. The second-order valence-electron chi connectivity index (χ2n) is 6.97. The van der Waals surface area contributed by atoms with E-state index in [4.69, 9.17) is 0 Å². The van der Waals surface area contributed by atoms with Gasteiger partial charge in [-0.3, -0.25) is 4.79 Å². The van der Waals surface area contributed by atoms with E-state index in [1.54, 1.807) is 4.90 Å².